The average Bonchev–Trinajstić information content (AvgIpc) is 3.69. The maximum absolute atomic E-state index is 14.3. The van der Waals surface area contributed by atoms with Gasteiger partial charge in [0.2, 0.25) is 0 Å². The fourth-order valence-electron chi connectivity index (χ4n) is 4.19. The summed E-state index contributed by atoms with van der Waals surface area (Å²) in [7, 11) is 5.00. The Morgan fingerprint density at radius 1 is 1.21 bits per heavy atom. The van der Waals surface area contributed by atoms with E-state index < -0.39 is 17.5 Å². The van der Waals surface area contributed by atoms with Crippen LogP contribution < -0.4 is 10.1 Å². The van der Waals surface area contributed by atoms with Crippen molar-refractivity contribution < 1.29 is 49.0 Å². The molecule has 1 aliphatic rings. The molecule has 2 aromatic rings. The third-order valence-electron chi connectivity index (χ3n) is 6.86. The molecule has 206 valence electrons. The molecule has 38 heavy (non-hydrogen) atoms. The minimum Gasteiger partial charge on any atom is -0.496 e. The van der Waals surface area contributed by atoms with Crippen LogP contribution in [0.3, 0.4) is 0 Å². The summed E-state index contributed by atoms with van der Waals surface area (Å²) in [5.41, 5.74) is 4.18. The molecule has 6 nitrogen and oxygen atoms in total. The average molecular weight is 693 g/mol. The number of aromatic nitrogens is 1. The molecular weight excluding hydrogens is 655 g/mol. The van der Waals surface area contributed by atoms with E-state index in [4.69, 9.17) is 4.74 Å². The van der Waals surface area contributed by atoms with Crippen molar-refractivity contribution in [1.29, 1.82) is 0 Å². The number of carbonyl (C=O) groups excluding carboxylic acids is 2. The largest absolute Gasteiger partial charge is 0.496 e. The van der Waals surface area contributed by atoms with Gasteiger partial charge in [-0.1, -0.05) is 24.1 Å². The number of pyridine rings is 1. The Hall–Kier alpha value is -2.26. The van der Waals surface area contributed by atoms with Crippen LogP contribution in [0.25, 0.3) is 5.57 Å². The first-order valence-corrected chi connectivity index (χ1v) is 12.3. The molecule has 0 atom stereocenters. The number of amides is 1. The van der Waals surface area contributed by atoms with E-state index in [0.717, 1.165) is 25.5 Å². The van der Waals surface area contributed by atoms with Crippen LogP contribution in [0.15, 0.2) is 12.1 Å². The SMILES string of the molecule is COc1ccc(C)c(C)c1C.C[C-]=C(C(=O)NC)c1c(C(C)(F)F)nc(CN(C)C2CC2)c(C=O)c1C.[Hf]. The van der Waals surface area contributed by atoms with Crippen molar-refractivity contribution >= 4 is 17.8 Å². The van der Waals surface area contributed by atoms with Crippen molar-refractivity contribution in [1.82, 2.24) is 15.2 Å². The van der Waals surface area contributed by atoms with Gasteiger partial charge in [0.25, 0.3) is 5.92 Å². The summed E-state index contributed by atoms with van der Waals surface area (Å²) in [5.74, 6) is -2.85. The van der Waals surface area contributed by atoms with Gasteiger partial charge in [-0.05, 0) is 77.4 Å². The normalized spacial score (nSPS) is 13.3. The number of hydrogen-bond acceptors (Lipinski definition) is 5. The zero-order valence-corrected chi connectivity index (χ0v) is 27.4. The summed E-state index contributed by atoms with van der Waals surface area (Å²) >= 11 is 0. The Morgan fingerprint density at radius 2 is 1.82 bits per heavy atom. The van der Waals surface area contributed by atoms with E-state index in [9.17, 15) is 18.4 Å². The van der Waals surface area contributed by atoms with Gasteiger partial charge in [0.05, 0.1) is 18.5 Å². The molecule has 1 amide bonds. The number of allylic oxidation sites excluding steroid dienone is 1. The van der Waals surface area contributed by atoms with Gasteiger partial charge in [0, 0.05) is 50.9 Å². The summed E-state index contributed by atoms with van der Waals surface area (Å²) in [5, 5.41) is 2.42. The fraction of sp³-hybridized carbons (Fsp3) is 0.483. The van der Waals surface area contributed by atoms with E-state index in [0.29, 0.717) is 30.1 Å². The van der Waals surface area contributed by atoms with E-state index in [1.807, 2.05) is 18.0 Å². The van der Waals surface area contributed by atoms with E-state index in [1.165, 1.54) is 30.7 Å². The number of likely N-dealkylation sites (N-methyl/N-ethyl adjacent to an activating group) is 1. The van der Waals surface area contributed by atoms with Crippen LogP contribution in [0.1, 0.15) is 76.3 Å². The van der Waals surface area contributed by atoms with Crippen LogP contribution in [0, 0.1) is 33.8 Å². The van der Waals surface area contributed by atoms with Gasteiger partial charge >= 0.3 is 0 Å². The molecule has 1 heterocycles. The number of ether oxygens (including phenoxy) is 1. The molecule has 1 N–H and O–H groups in total. The van der Waals surface area contributed by atoms with Crippen LogP contribution in [0.2, 0.25) is 0 Å². The van der Waals surface area contributed by atoms with Crippen molar-refractivity contribution in [3.63, 3.8) is 0 Å². The van der Waals surface area contributed by atoms with Crippen molar-refractivity contribution in [3.8, 4) is 5.75 Å². The number of halogens is 2. The molecule has 0 bridgehead atoms. The fourth-order valence-corrected chi connectivity index (χ4v) is 4.19. The number of nitrogens with one attached hydrogen (secondary N) is 1. The molecule has 0 saturated heterocycles. The number of methoxy groups -OCH3 is 1. The van der Waals surface area contributed by atoms with Crippen LogP contribution in [0.5, 0.6) is 5.75 Å². The molecule has 0 spiro atoms. The topological polar surface area (TPSA) is 71.5 Å². The van der Waals surface area contributed by atoms with Gasteiger partial charge in [0.1, 0.15) is 11.7 Å². The Labute approximate surface area is 244 Å². The first-order valence-electron chi connectivity index (χ1n) is 12.3. The third kappa shape index (κ3) is 7.88. The quantitative estimate of drug-likeness (QED) is 0.172. The molecule has 0 unspecified atom stereocenters. The smallest absolute Gasteiger partial charge is 0.276 e. The molecule has 1 fully saturated rings. The minimum absolute atomic E-state index is 0. The van der Waals surface area contributed by atoms with Crippen molar-refractivity contribution in [2.24, 2.45) is 0 Å². The van der Waals surface area contributed by atoms with Crippen molar-refractivity contribution in [3.05, 3.63) is 63.0 Å². The van der Waals surface area contributed by atoms with Gasteiger partial charge in [-0.2, -0.15) is 6.08 Å². The van der Waals surface area contributed by atoms with Gasteiger partial charge in [-0.25, -0.2) is 8.78 Å². The maximum Gasteiger partial charge on any atom is 0.276 e. The number of aryl methyl sites for hydroxylation is 1. The zero-order chi connectivity index (χ0) is 28.1. The molecule has 1 aromatic heterocycles. The molecule has 9 heteroatoms. The number of rotatable bonds is 8. The molecule has 1 aromatic carbocycles. The standard InChI is InChI=1S/C19H24F2N3O2.C10H14O.Hf/c1-6-13(18(26)22-4)16-11(2)14(10-25)15(9-24(5)12-7-8-12)23-17(16)19(3,20)21;1-7-5-6-10(11-4)9(3)8(7)2;/h10,12H,7-9H2,1-5H3,(H,22,26);5-6H,1-4H3;/q-1;;. The molecule has 1 aliphatic carbocycles. The van der Waals surface area contributed by atoms with Gasteiger partial charge < -0.3 is 14.8 Å². The maximum atomic E-state index is 14.3. The number of carbonyl (C=O) groups is 2. The predicted molar refractivity (Wildman–Crippen MR) is 142 cm³/mol. The van der Waals surface area contributed by atoms with Gasteiger partial charge in [-0.3, -0.25) is 14.7 Å². The molecule has 0 radical (unpaired) electrons. The molecular formula is C29H38F2HfN3O3-. The van der Waals surface area contributed by atoms with Gasteiger partial charge in [0.15, 0.2) is 6.29 Å². The van der Waals surface area contributed by atoms with Crippen molar-refractivity contribution in [2.45, 2.75) is 72.9 Å². The van der Waals surface area contributed by atoms with Gasteiger partial charge in [-0.15, -0.1) is 5.57 Å². The Morgan fingerprint density at radius 3 is 2.26 bits per heavy atom. The zero-order valence-electron chi connectivity index (χ0n) is 23.8. The Kier molecular flexibility index (Phi) is 12.6. The summed E-state index contributed by atoms with van der Waals surface area (Å²) in [6.45, 7) is 10.4. The van der Waals surface area contributed by atoms with Crippen LogP contribution in [-0.2, 0) is 43.1 Å². The van der Waals surface area contributed by atoms with E-state index >= 15 is 0 Å². The minimum atomic E-state index is -3.27. The van der Waals surface area contributed by atoms with Crippen molar-refractivity contribution in [2.75, 3.05) is 21.2 Å². The van der Waals surface area contributed by atoms with Crippen LogP contribution >= 0.6 is 0 Å². The summed E-state index contributed by atoms with van der Waals surface area (Å²) in [6, 6.07) is 4.49. The number of nitrogens with zero attached hydrogens (tertiary/aromatic N) is 2. The predicted octanol–water partition coefficient (Wildman–Crippen LogP) is 5.48. The third-order valence-corrected chi connectivity index (χ3v) is 6.86. The second-order valence-electron chi connectivity index (χ2n) is 9.51. The second-order valence-corrected chi connectivity index (χ2v) is 9.51. The Bertz CT molecular complexity index is 1190. The first-order chi connectivity index (χ1) is 17.3. The number of hydrogen-bond donors (Lipinski definition) is 1. The second kappa shape index (κ2) is 14.2. The first kappa shape index (κ1) is 33.8. The van der Waals surface area contributed by atoms with E-state index in [2.05, 4.69) is 43.2 Å². The van der Waals surface area contributed by atoms with Crippen LogP contribution in [0.4, 0.5) is 8.78 Å². The number of aldehydes is 1. The molecule has 3 rings (SSSR count). The summed E-state index contributed by atoms with van der Waals surface area (Å²) < 4.78 is 33.9. The number of alkyl halides is 2. The van der Waals surface area contributed by atoms with Crippen LogP contribution in [-0.4, -0.2) is 49.3 Å². The Balaban J connectivity index is 0.000000505. The van der Waals surface area contributed by atoms with E-state index in [-0.39, 0.29) is 42.5 Å². The summed E-state index contributed by atoms with van der Waals surface area (Å²) in [4.78, 5) is 30.0. The summed E-state index contributed by atoms with van der Waals surface area (Å²) in [6.07, 6.45) is 5.39. The number of benzene rings is 1. The monoisotopic (exact) mass is 694 g/mol. The molecule has 1 saturated carbocycles. The molecule has 0 aliphatic heterocycles. The van der Waals surface area contributed by atoms with E-state index in [1.54, 1.807) is 14.0 Å².